The summed E-state index contributed by atoms with van der Waals surface area (Å²) in [7, 11) is 0. The Labute approximate surface area is 150 Å². The van der Waals surface area contributed by atoms with Crippen LogP contribution in [0.5, 0.6) is 0 Å². The van der Waals surface area contributed by atoms with Gasteiger partial charge in [-0.3, -0.25) is 4.79 Å². The molecule has 2 N–H and O–H groups in total. The first kappa shape index (κ1) is 17.3. The minimum Gasteiger partial charge on any atom is -0.343 e. The van der Waals surface area contributed by atoms with Crippen molar-refractivity contribution < 1.29 is 4.79 Å². The molecule has 2 aromatic heterocycles. The molecular weight excluding hydrogens is 336 g/mol. The number of nitriles is 1. The maximum atomic E-state index is 11.5. The molecule has 0 saturated carbocycles. The third kappa shape index (κ3) is 4.98. The fourth-order valence-electron chi connectivity index (χ4n) is 2.71. The van der Waals surface area contributed by atoms with Gasteiger partial charge in [0.05, 0.1) is 6.20 Å². The second kappa shape index (κ2) is 8.55. The van der Waals surface area contributed by atoms with Gasteiger partial charge in [-0.15, -0.1) is 0 Å². The predicted octanol–water partition coefficient (Wildman–Crippen LogP) is 2.26. The van der Waals surface area contributed by atoms with E-state index in [1.165, 1.54) is 11.3 Å². The van der Waals surface area contributed by atoms with Gasteiger partial charge in [0, 0.05) is 32.3 Å². The molecule has 1 aliphatic heterocycles. The summed E-state index contributed by atoms with van der Waals surface area (Å²) in [5.41, 5.74) is 1.12. The van der Waals surface area contributed by atoms with Gasteiger partial charge in [-0.05, 0) is 37.1 Å². The number of amides is 1. The van der Waals surface area contributed by atoms with Gasteiger partial charge in [0.2, 0.25) is 5.91 Å². The van der Waals surface area contributed by atoms with Crippen molar-refractivity contribution >= 4 is 28.2 Å². The van der Waals surface area contributed by atoms with E-state index in [0.29, 0.717) is 22.2 Å². The number of nitrogens with one attached hydrogen (secondary N) is 2. The molecule has 1 fully saturated rings. The molecule has 130 valence electrons. The SMILES string of the molecule is N#Cc1cnc(Nc2cc(CNCCCN3CCCC3=O)ccn2)s1. The fourth-order valence-corrected chi connectivity index (χ4v) is 3.33. The van der Waals surface area contributed by atoms with Crippen LogP contribution in [-0.2, 0) is 11.3 Å². The largest absolute Gasteiger partial charge is 0.343 e. The number of likely N-dealkylation sites (tertiary alicyclic amines) is 1. The van der Waals surface area contributed by atoms with Crippen LogP contribution in [0.1, 0.15) is 29.7 Å². The van der Waals surface area contributed by atoms with Gasteiger partial charge in [-0.2, -0.15) is 5.26 Å². The summed E-state index contributed by atoms with van der Waals surface area (Å²) in [4.78, 5) is 22.5. The Hall–Kier alpha value is -2.50. The van der Waals surface area contributed by atoms with Crippen molar-refractivity contribution in [3.8, 4) is 6.07 Å². The number of carbonyl (C=O) groups excluding carboxylic acids is 1. The summed E-state index contributed by atoms with van der Waals surface area (Å²) < 4.78 is 0. The highest BCUT2D eigenvalue weighted by Gasteiger charge is 2.18. The average molecular weight is 356 g/mol. The lowest BCUT2D eigenvalue weighted by Gasteiger charge is -2.15. The molecule has 8 heteroatoms. The molecule has 1 amide bonds. The molecule has 0 unspecified atom stereocenters. The molecule has 25 heavy (non-hydrogen) atoms. The van der Waals surface area contributed by atoms with Crippen molar-refractivity contribution in [1.82, 2.24) is 20.2 Å². The Balaban J connectivity index is 1.42. The number of hydrogen-bond donors (Lipinski definition) is 2. The topological polar surface area (TPSA) is 93.9 Å². The zero-order valence-corrected chi connectivity index (χ0v) is 14.7. The van der Waals surface area contributed by atoms with Crippen LogP contribution in [0.2, 0.25) is 0 Å². The second-order valence-corrected chi connectivity index (χ2v) is 6.86. The van der Waals surface area contributed by atoms with Crippen LogP contribution >= 0.6 is 11.3 Å². The summed E-state index contributed by atoms with van der Waals surface area (Å²) in [6, 6.07) is 5.99. The Morgan fingerprint density at radius 2 is 2.32 bits per heavy atom. The van der Waals surface area contributed by atoms with Crippen LogP contribution < -0.4 is 10.6 Å². The number of hydrogen-bond acceptors (Lipinski definition) is 7. The normalized spacial score (nSPS) is 13.9. The van der Waals surface area contributed by atoms with E-state index in [4.69, 9.17) is 5.26 Å². The zero-order valence-electron chi connectivity index (χ0n) is 13.9. The number of thiazole rings is 1. The van der Waals surface area contributed by atoms with E-state index in [1.807, 2.05) is 17.0 Å². The van der Waals surface area contributed by atoms with Gasteiger partial charge in [0.15, 0.2) is 5.13 Å². The average Bonchev–Trinajstić information content (AvgIpc) is 3.24. The van der Waals surface area contributed by atoms with Gasteiger partial charge in [0.25, 0.3) is 0 Å². The summed E-state index contributed by atoms with van der Waals surface area (Å²) in [6.07, 6.45) is 5.95. The summed E-state index contributed by atoms with van der Waals surface area (Å²) in [5.74, 6) is 0.993. The van der Waals surface area contributed by atoms with Crippen LogP contribution in [0, 0.1) is 11.3 Å². The van der Waals surface area contributed by atoms with Gasteiger partial charge < -0.3 is 15.5 Å². The highest BCUT2D eigenvalue weighted by Crippen LogP contribution is 2.21. The summed E-state index contributed by atoms with van der Waals surface area (Å²) >= 11 is 1.30. The Bertz CT molecular complexity index is 768. The minimum atomic E-state index is 0.284. The quantitative estimate of drug-likeness (QED) is 0.705. The monoisotopic (exact) mass is 356 g/mol. The molecule has 2 aromatic rings. The molecule has 0 spiro atoms. The van der Waals surface area contributed by atoms with Crippen LogP contribution in [0.15, 0.2) is 24.5 Å². The minimum absolute atomic E-state index is 0.284. The first-order valence-electron chi connectivity index (χ1n) is 8.31. The molecule has 7 nitrogen and oxygen atoms in total. The van der Waals surface area contributed by atoms with E-state index in [0.717, 1.165) is 44.6 Å². The Kier molecular flexibility index (Phi) is 5.93. The highest BCUT2D eigenvalue weighted by molar-refractivity contribution is 7.16. The van der Waals surface area contributed by atoms with E-state index in [1.54, 1.807) is 12.4 Å². The van der Waals surface area contributed by atoms with Crippen molar-refractivity contribution in [2.75, 3.05) is 25.0 Å². The fraction of sp³-hybridized carbons (Fsp3) is 0.412. The summed E-state index contributed by atoms with van der Waals surface area (Å²) in [6.45, 7) is 3.35. The maximum Gasteiger partial charge on any atom is 0.222 e. The van der Waals surface area contributed by atoms with Crippen LogP contribution in [0.25, 0.3) is 0 Å². The zero-order chi connectivity index (χ0) is 17.5. The standard InChI is InChI=1S/C17H20N6OS/c18-10-14-12-21-17(25-14)22-15-9-13(4-6-20-15)11-19-5-2-8-23-7-1-3-16(23)24/h4,6,9,12,19H,1-3,5,7-8,11H2,(H,20,21,22). The van der Waals surface area contributed by atoms with Crippen LogP contribution in [0.4, 0.5) is 10.9 Å². The smallest absolute Gasteiger partial charge is 0.222 e. The Morgan fingerprint density at radius 1 is 1.40 bits per heavy atom. The van der Waals surface area contributed by atoms with Crippen molar-refractivity contribution in [1.29, 1.82) is 5.26 Å². The van der Waals surface area contributed by atoms with Crippen molar-refractivity contribution in [2.24, 2.45) is 0 Å². The molecule has 0 aliphatic carbocycles. The van der Waals surface area contributed by atoms with E-state index >= 15 is 0 Å². The maximum absolute atomic E-state index is 11.5. The van der Waals surface area contributed by atoms with Gasteiger partial charge >= 0.3 is 0 Å². The molecule has 0 radical (unpaired) electrons. The van der Waals surface area contributed by atoms with Crippen molar-refractivity contribution in [3.63, 3.8) is 0 Å². The van der Waals surface area contributed by atoms with E-state index < -0.39 is 0 Å². The first-order valence-corrected chi connectivity index (χ1v) is 9.12. The van der Waals surface area contributed by atoms with Gasteiger partial charge in [-0.1, -0.05) is 11.3 Å². The van der Waals surface area contributed by atoms with Gasteiger partial charge in [-0.25, -0.2) is 9.97 Å². The van der Waals surface area contributed by atoms with Crippen molar-refractivity contribution in [3.05, 3.63) is 35.0 Å². The molecule has 0 atom stereocenters. The number of carbonyl (C=O) groups is 1. The van der Waals surface area contributed by atoms with Gasteiger partial charge in [0.1, 0.15) is 16.8 Å². The lowest BCUT2D eigenvalue weighted by molar-refractivity contribution is -0.127. The third-order valence-electron chi connectivity index (χ3n) is 3.96. The van der Waals surface area contributed by atoms with Crippen molar-refractivity contribution in [2.45, 2.75) is 25.8 Å². The molecule has 0 bridgehead atoms. The first-order chi connectivity index (χ1) is 12.2. The van der Waals surface area contributed by atoms with E-state index in [2.05, 4.69) is 26.7 Å². The second-order valence-electron chi connectivity index (χ2n) is 5.83. The predicted molar refractivity (Wildman–Crippen MR) is 96.5 cm³/mol. The molecule has 0 aromatic carbocycles. The van der Waals surface area contributed by atoms with E-state index in [9.17, 15) is 4.79 Å². The number of aromatic nitrogens is 2. The third-order valence-corrected chi connectivity index (χ3v) is 4.77. The number of nitrogens with zero attached hydrogens (tertiary/aromatic N) is 4. The molecule has 1 saturated heterocycles. The Morgan fingerprint density at radius 3 is 3.08 bits per heavy atom. The number of pyridine rings is 1. The molecule has 1 aliphatic rings. The van der Waals surface area contributed by atoms with Crippen LogP contribution in [0.3, 0.4) is 0 Å². The van der Waals surface area contributed by atoms with E-state index in [-0.39, 0.29) is 5.91 Å². The molecular formula is C17H20N6OS. The lowest BCUT2D eigenvalue weighted by Crippen LogP contribution is -2.28. The lowest BCUT2D eigenvalue weighted by atomic mass is 10.2. The number of rotatable bonds is 8. The number of anilines is 2. The summed E-state index contributed by atoms with van der Waals surface area (Å²) in [5, 5.41) is 16.0. The molecule has 3 heterocycles. The van der Waals surface area contributed by atoms with Crippen LogP contribution in [-0.4, -0.2) is 40.4 Å². The molecule has 3 rings (SSSR count). The highest BCUT2D eigenvalue weighted by atomic mass is 32.1.